The van der Waals surface area contributed by atoms with Crippen LogP contribution in [-0.2, 0) is 0 Å². The Bertz CT molecular complexity index is 158. The summed E-state index contributed by atoms with van der Waals surface area (Å²) in [4.78, 5) is 10.5. The number of nitrogens with two attached hydrogens (primary N) is 1. The number of carbonyl (C=O) groups is 1. The van der Waals surface area contributed by atoms with E-state index in [0.717, 1.165) is 6.42 Å². The zero-order valence-corrected chi connectivity index (χ0v) is 12.3. The summed E-state index contributed by atoms with van der Waals surface area (Å²) < 4.78 is -0.291. The van der Waals surface area contributed by atoms with Gasteiger partial charge < -0.3 is 11.1 Å². The van der Waals surface area contributed by atoms with E-state index in [1.165, 1.54) is 0 Å². The lowest BCUT2D eigenvalue weighted by Crippen LogP contribution is -2.34. The van der Waals surface area contributed by atoms with E-state index in [0.29, 0.717) is 6.54 Å². The fourth-order valence-electron chi connectivity index (χ4n) is 0.535. The molecule has 0 aromatic heterocycles. The van der Waals surface area contributed by atoms with Gasteiger partial charge in [0.25, 0.3) is 0 Å². The molecule has 0 bridgehead atoms. The molecule has 0 heterocycles. The first kappa shape index (κ1) is 13.2. The molecule has 2 amide bonds. The van der Waals surface area contributed by atoms with Gasteiger partial charge in [-0.15, -0.1) is 0 Å². The van der Waals surface area contributed by atoms with Crippen molar-refractivity contribution in [3.05, 3.63) is 0 Å². The van der Waals surface area contributed by atoms with E-state index >= 15 is 0 Å². The largest absolute Gasteiger partial charge is 0.352 e. The number of urea groups is 1. The molecule has 12 heavy (non-hydrogen) atoms. The zero-order chi connectivity index (χ0) is 9.78. The molecule has 0 aromatic rings. The Kier molecular flexibility index (Phi) is 6.40. The third-order valence-corrected chi connectivity index (χ3v) is 2.57. The van der Waals surface area contributed by atoms with E-state index in [2.05, 4.69) is 69.0 Å². The lowest BCUT2D eigenvalue weighted by Gasteiger charge is -2.16. The molecule has 0 radical (unpaired) electrons. The fourth-order valence-corrected chi connectivity index (χ4v) is 3.66. The van der Waals surface area contributed by atoms with Gasteiger partial charge in [0.2, 0.25) is 0 Å². The summed E-state index contributed by atoms with van der Waals surface area (Å²) >= 11 is 13.4. The number of primary amides is 1. The number of carbonyl (C=O) groups excluding carboxylic acids is 1. The predicted molar refractivity (Wildman–Crippen MR) is 64.4 cm³/mol. The third-order valence-electron chi connectivity index (χ3n) is 0.951. The molecule has 0 rings (SSSR count). The average molecular weight is 432 g/mol. The van der Waals surface area contributed by atoms with Crippen LogP contribution in [0.15, 0.2) is 0 Å². The Labute approximate surface area is 105 Å². The van der Waals surface area contributed by atoms with E-state index in [1.807, 2.05) is 0 Å². The minimum atomic E-state index is -0.510. The molecule has 1 unspecified atom stereocenters. The summed E-state index contributed by atoms with van der Waals surface area (Å²) in [5, 5.41) is 2.50. The van der Waals surface area contributed by atoms with Crippen molar-refractivity contribution in [3.8, 4) is 0 Å². The maximum atomic E-state index is 10.3. The average Bonchev–Trinajstić information content (AvgIpc) is 1.79. The van der Waals surface area contributed by atoms with Gasteiger partial charge in [-0.2, -0.15) is 0 Å². The first-order chi connectivity index (χ1) is 5.31. The van der Waals surface area contributed by atoms with Crippen LogP contribution in [0.4, 0.5) is 4.79 Å². The molecule has 0 saturated heterocycles. The molecule has 7 heteroatoms. The van der Waals surface area contributed by atoms with Gasteiger partial charge in [0, 0.05) is 11.4 Å². The van der Waals surface area contributed by atoms with Crippen LogP contribution in [0.25, 0.3) is 0 Å². The van der Waals surface area contributed by atoms with E-state index in [-0.39, 0.29) is 6.97 Å². The predicted octanol–water partition coefficient (Wildman–Crippen LogP) is 2.65. The Morgan fingerprint density at radius 3 is 2.33 bits per heavy atom. The zero-order valence-electron chi connectivity index (χ0n) is 5.99. The van der Waals surface area contributed by atoms with Gasteiger partial charge in [0.15, 0.2) is 0 Å². The van der Waals surface area contributed by atoms with Crippen LogP contribution in [0.1, 0.15) is 6.42 Å². The Morgan fingerprint density at radius 1 is 1.50 bits per heavy atom. The summed E-state index contributed by atoms with van der Waals surface area (Å²) in [5.41, 5.74) is 4.90. The topological polar surface area (TPSA) is 55.1 Å². The Morgan fingerprint density at radius 2 is 2.00 bits per heavy atom. The maximum absolute atomic E-state index is 10.3. The summed E-state index contributed by atoms with van der Waals surface area (Å²) in [6, 6.07) is -0.510. The van der Waals surface area contributed by atoms with Crippen molar-refractivity contribution in [1.82, 2.24) is 5.32 Å². The monoisotopic (exact) mass is 428 g/mol. The van der Waals surface area contributed by atoms with Gasteiger partial charge in [-0.1, -0.05) is 63.7 Å². The van der Waals surface area contributed by atoms with Crippen molar-refractivity contribution in [2.24, 2.45) is 5.73 Å². The molecule has 0 aliphatic heterocycles. The number of hydrogen-bond acceptors (Lipinski definition) is 1. The molecular formula is C5H8Br4N2O. The molecule has 3 N–H and O–H groups in total. The molecule has 0 fully saturated rings. The van der Waals surface area contributed by atoms with Crippen LogP contribution in [0, 0.1) is 0 Å². The fraction of sp³-hybridized carbons (Fsp3) is 0.800. The molecule has 0 spiro atoms. The van der Waals surface area contributed by atoms with Crippen molar-refractivity contribution in [2.75, 3.05) is 6.54 Å². The quantitative estimate of drug-likeness (QED) is 0.663. The second kappa shape index (κ2) is 5.82. The van der Waals surface area contributed by atoms with Crippen LogP contribution in [0.3, 0.4) is 0 Å². The highest BCUT2D eigenvalue weighted by molar-refractivity contribution is 9.39. The molecule has 0 saturated carbocycles. The summed E-state index contributed by atoms with van der Waals surface area (Å²) in [5.74, 6) is 0. The molecule has 72 valence electrons. The first-order valence-corrected chi connectivity index (χ1v) is 6.35. The van der Waals surface area contributed by atoms with Gasteiger partial charge in [0.1, 0.15) is 2.14 Å². The highest BCUT2D eigenvalue weighted by Gasteiger charge is 2.22. The Balaban J connectivity index is 3.60. The maximum Gasteiger partial charge on any atom is 0.312 e. The van der Waals surface area contributed by atoms with Gasteiger partial charge in [-0.25, -0.2) is 4.79 Å². The minimum absolute atomic E-state index is 0.156. The van der Waals surface area contributed by atoms with Crippen molar-refractivity contribution in [3.63, 3.8) is 0 Å². The minimum Gasteiger partial charge on any atom is -0.352 e. The highest BCUT2D eigenvalue weighted by atomic mass is 80.0. The van der Waals surface area contributed by atoms with Crippen LogP contribution in [0.2, 0.25) is 0 Å². The second-order valence-electron chi connectivity index (χ2n) is 2.16. The van der Waals surface area contributed by atoms with Crippen LogP contribution in [0.5, 0.6) is 0 Å². The molecule has 3 nitrogen and oxygen atoms in total. The smallest absolute Gasteiger partial charge is 0.312 e. The van der Waals surface area contributed by atoms with Crippen molar-refractivity contribution >= 4 is 69.8 Å². The molecule has 1 atom stereocenters. The van der Waals surface area contributed by atoms with E-state index in [4.69, 9.17) is 5.73 Å². The SMILES string of the molecule is NC(=O)NCC(Br)CC(Br)(Br)Br. The lowest BCUT2D eigenvalue weighted by molar-refractivity contribution is 0.249. The van der Waals surface area contributed by atoms with Crippen LogP contribution in [-0.4, -0.2) is 19.5 Å². The number of halogens is 4. The third kappa shape index (κ3) is 9.28. The Hall–Kier alpha value is 1.19. The number of alkyl halides is 4. The summed E-state index contributed by atoms with van der Waals surface area (Å²) in [7, 11) is 0. The number of nitrogens with one attached hydrogen (secondary N) is 1. The number of amides is 2. The van der Waals surface area contributed by atoms with Gasteiger partial charge in [-0.05, 0) is 6.42 Å². The normalized spacial score (nSPS) is 14.0. The number of rotatable bonds is 3. The highest BCUT2D eigenvalue weighted by Crippen LogP contribution is 2.39. The molecular weight excluding hydrogens is 424 g/mol. The molecule has 0 aliphatic carbocycles. The van der Waals surface area contributed by atoms with Crippen LogP contribution < -0.4 is 11.1 Å². The summed E-state index contributed by atoms with van der Waals surface area (Å²) in [6.45, 7) is 0.500. The van der Waals surface area contributed by atoms with Gasteiger partial charge in [-0.3, -0.25) is 0 Å². The van der Waals surface area contributed by atoms with E-state index in [1.54, 1.807) is 0 Å². The summed E-state index contributed by atoms with van der Waals surface area (Å²) in [6.07, 6.45) is 0.757. The second-order valence-corrected chi connectivity index (χ2v) is 10.7. The van der Waals surface area contributed by atoms with Crippen LogP contribution >= 0.6 is 63.7 Å². The van der Waals surface area contributed by atoms with E-state index < -0.39 is 6.03 Å². The van der Waals surface area contributed by atoms with Gasteiger partial charge >= 0.3 is 6.03 Å². The lowest BCUT2D eigenvalue weighted by atomic mass is 10.3. The molecule has 0 aromatic carbocycles. The van der Waals surface area contributed by atoms with E-state index in [9.17, 15) is 4.79 Å². The van der Waals surface area contributed by atoms with Gasteiger partial charge in [0.05, 0.1) is 0 Å². The van der Waals surface area contributed by atoms with Crippen molar-refractivity contribution in [2.45, 2.75) is 13.4 Å². The first-order valence-electron chi connectivity index (χ1n) is 3.05. The van der Waals surface area contributed by atoms with Crippen molar-refractivity contribution in [1.29, 1.82) is 0 Å². The standard InChI is InChI=1S/C5H8Br4N2O/c6-3(1-5(7,8)9)2-11-4(10)12/h3H,1-2H2,(H3,10,11,12). The molecule has 0 aliphatic rings. The van der Waals surface area contributed by atoms with Crippen molar-refractivity contribution < 1.29 is 4.79 Å². The number of hydrogen-bond donors (Lipinski definition) is 2.